The molecule has 2 rings (SSSR count). The molecule has 0 spiro atoms. The van der Waals surface area contributed by atoms with E-state index in [4.69, 9.17) is 4.74 Å². The molecule has 1 aliphatic rings. The van der Waals surface area contributed by atoms with Gasteiger partial charge in [0, 0.05) is 19.5 Å². The molecule has 0 heterocycles. The average Bonchev–Trinajstić information content (AvgIpc) is 2.55. The van der Waals surface area contributed by atoms with E-state index < -0.39 is 0 Å². The third-order valence-electron chi connectivity index (χ3n) is 4.74. The van der Waals surface area contributed by atoms with Crippen molar-refractivity contribution in [2.45, 2.75) is 44.6 Å². The molecule has 0 aliphatic heterocycles. The van der Waals surface area contributed by atoms with E-state index in [0.717, 1.165) is 37.0 Å². The fraction of sp³-hybridized carbons (Fsp3) is 0.611. The third-order valence-corrected chi connectivity index (χ3v) is 4.74. The van der Waals surface area contributed by atoms with E-state index in [1.54, 1.807) is 12.0 Å². The van der Waals surface area contributed by atoms with Crippen molar-refractivity contribution in [1.29, 1.82) is 0 Å². The number of amides is 1. The lowest BCUT2D eigenvalue weighted by Gasteiger charge is -2.32. The first-order valence-electron chi connectivity index (χ1n) is 8.10. The summed E-state index contributed by atoms with van der Waals surface area (Å²) < 4.78 is 5.15. The minimum Gasteiger partial charge on any atom is -0.497 e. The fourth-order valence-corrected chi connectivity index (χ4v) is 3.21. The third kappa shape index (κ3) is 4.01. The highest BCUT2D eigenvalue weighted by Crippen LogP contribution is 2.26. The van der Waals surface area contributed by atoms with Crippen LogP contribution in [0.2, 0.25) is 0 Å². The predicted octanol–water partition coefficient (Wildman–Crippen LogP) is 2.81. The molecule has 0 saturated heterocycles. The number of ether oxygens (including phenoxy) is 1. The minimum absolute atomic E-state index is 0.0999. The van der Waals surface area contributed by atoms with Crippen molar-refractivity contribution in [2.24, 2.45) is 5.92 Å². The molecule has 1 aromatic rings. The molecule has 0 radical (unpaired) electrons. The molecule has 1 fully saturated rings. The second kappa shape index (κ2) is 7.63. The summed E-state index contributed by atoms with van der Waals surface area (Å²) in [6.07, 6.45) is 3.85. The number of hydrogen-bond acceptors (Lipinski definition) is 3. The Morgan fingerprint density at radius 2 is 1.95 bits per heavy atom. The van der Waals surface area contributed by atoms with Gasteiger partial charge < -0.3 is 14.7 Å². The summed E-state index contributed by atoms with van der Waals surface area (Å²) in [5.74, 6) is 0.924. The van der Waals surface area contributed by atoms with Gasteiger partial charge in [-0.2, -0.15) is 0 Å². The van der Waals surface area contributed by atoms with Crippen LogP contribution in [-0.2, 0) is 4.79 Å². The van der Waals surface area contributed by atoms with E-state index in [2.05, 4.69) is 0 Å². The Morgan fingerprint density at radius 1 is 1.32 bits per heavy atom. The highest BCUT2D eigenvalue weighted by molar-refractivity contribution is 5.83. The number of carbonyl (C=O) groups is 1. The van der Waals surface area contributed by atoms with E-state index in [-0.39, 0.29) is 23.8 Å². The number of benzene rings is 1. The van der Waals surface area contributed by atoms with Crippen LogP contribution in [0.3, 0.4) is 0 Å². The lowest BCUT2D eigenvalue weighted by molar-refractivity contribution is -0.132. The van der Waals surface area contributed by atoms with Crippen LogP contribution in [0.5, 0.6) is 5.75 Å². The summed E-state index contributed by atoms with van der Waals surface area (Å²) >= 11 is 0. The first-order valence-corrected chi connectivity index (χ1v) is 8.10. The van der Waals surface area contributed by atoms with Crippen molar-refractivity contribution >= 4 is 5.91 Å². The summed E-state index contributed by atoms with van der Waals surface area (Å²) in [7, 11) is 3.47. The van der Waals surface area contributed by atoms with Crippen LogP contribution in [0, 0.1) is 5.92 Å². The monoisotopic (exact) mass is 305 g/mol. The number of likely N-dealkylation sites (N-methyl/N-ethyl adjacent to an activating group) is 1. The molecule has 3 atom stereocenters. The number of nitrogens with zero attached hydrogens (tertiary/aromatic N) is 1. The van der Waals surface area contributed by atoms with Gasteiger partial charge in [-0.05, 0) is 37.5 Å². The van der Waals surface area contributed by atoms with Gasteiger partial charge in [0.2, 0.25) is 5.91 Å². The molecule has 1 aromatic carbocycles. The molecule has 1 saturated carbocycles. The largest absolute Gasteiger partial charge is 0.497 e. The summed E-state index contributed by atoms with van der Waals surface area (Å²) in [4.78, 5) is 14.4. The molecule has 22 heavy (non-hydrogen) atoms. The molecular formula is C18H27NO3. The molecule has 1 N–H and O–H groups in total. The molecular weight excluding hydrogens is 278 g/mol. The number of methoxy groups -OCH3 is 1. The molecule has 4 heteroatoms. The average molecular weight is 305 g/mol. The van der Waals surface area contributed by atoms with Crippen LogP contribution in [0.1, 0.15) is 44.1 Å². The SMILES string of the molecule is COc1ccc(C(C)C(=O)N(C)CC2CCCCC2O)cc1. The quantitative estimate of drug-likeness (QED) is 0.910. The van der Waals surface area contributed by atoms with Gasteiger partial charge in [0.25, 0.3) is 0 Å². The molecule has 1 amide bonds. The molecule has 3 unspecified atom stereocenters. The van der Waals surface area contributed by atoms with Gasteiger partial charge >= 0.3 is 0 Å². The first-order chi connectivity index (χ1) is 10.5. The van der Waals surface area contributed by atoms with E-state index in [1.807, 2.05) is 38.2 Å². The second-order valence-electron chi connectivity index (χ2n) is 6.33. The maximum absolute atomic E-state index is 12.6. The molecule has 0 bridgehead atoms. The smallest absolute Gasteiger partial charge is 0.229 e. The standard InChI is InChI=1S/C18H27NO3/c1-13(14-8-10-16(22-3)11-9-14)18(21)19(2)12-15-6-4-5-7-17(15)20/h8-11,13,15,17,20H,4-7,12H2,1-3H3. The van der Waals surface area contributed by atoms with Crippen LogP contribution < -0.4 is 4.74 Å². The lowest BCUT2D eigenvalue weighted by atomic mass is 9.86. The first kappa shape index (κ1) is 16.8. The van der Waals surface area contributed by atoms with E-state index >= 15 is 0 Å². The Morgan fingerprint density at radius 3 is 2.55 bits per heavy atom. The van der Waals surface area contributed by atoms with Crippen molar-refractivity contribution in [1.82, 2.24) is 4.90 Å². The minimum atomic E-state index is -0.264. The maximum atomic E-state index is 12.6. The molecule has 122 valence electrons. The number of rotatable bonds is 5. The van der Waals surface area contributed by atoms with Gasteiger partial charge in [-0.15, -0.1) is 0 Å². The summed E-state index contributed by atoms with van der Waals surface area (Å²) in [6, 6.07) is 7.63. The number of hydrogen-bond donors (Lipinski definition) is 1. The van der Waals surface area contributed by atoms with Crippen LogP contribution in [0.25, 0.3) is 0 Å². The van der Waals surface area contributed by atoms with Crippen molar-refractivity contribution in [2.75, 3.05) is 20.7 Å². The van der Waals surface area contributed by atoms with Crippen LogP contribution in [-0.4, -0.2) is 42.7 Å². The number of carbonyl (C=O) groups excluding carboxylic acids is 1. The Bertz CT molecular complexity index is 486. The number of aliphatic hydroxyl groups excluding tert-OH is 1. The van der Waals surface area contributed by atoms with Gasteiger partial charge in [-0.1, -0.05) is 25.0 Å². The zero-order valence-electron chi connectivity index (χ0n) is 13.8. The van der Waals surface area contributed by atoms with Gasteiger partial charge in [0.05, 0.1) is 19.1 Å². The Labute approximate surface area is 133 Å². The van der Waals surface area contributed by atoms with Gasteiger partial charge in [-0.3, -0.25) is 4.79 Å². The highest BCUT2D eigenvalue weighted by atomic mass is 16.5. The van der Waals surface area contributed by atoms with Gasteiger partial charge in [-0.25, -0.2) is 0 Å². The predicted molar refractivity (Wildman–Crippen MR) is 87.0 cm³/mol. The zero-order valence-corrected chi connectivity index (χ0v) is 13.8. The summed E-state index contributed by atoms with van der Waals surface area (Å²) in [5.41, 5.74) is 0.988. The summed E-state index contributed by atoms with van der Waals surface area (Å²) in [6.45, 7) is 2.57. The Kier molecular flexibility index (Phi) is 5.83. The molecule has 4 nitrogen and oxygen atoms in total. The Hall–Kier alpha value is -1.55. The highest BCUT2D eigenvalue weighted by Gasteiger charge is 2.27. The van der Waals surface area contributed by atoms with Crippen LogP contribution in [0.15, 0.2) is 24.3 Å². The molecule has 1 aliphatic carbocycles. The van der Waals surface area contributed by atoms with E-state index in [0.29, 0.717) is 6.54 Å². The number of aliphatic hydroxyl groups is 1. The van der Waals surface area contributed by atoms with Gasteiger partial charge in [0.15, 0.2) is 0 Å². The van der Waals surface area contributed by atoms with E-state index in [9.17, 15) is 9.90 Å². The second-order valence-corrected chi connectivity index (χ2v) is 6.33. The van der Waals surface area contributed by atoms with Crippen molar-refractivity contribution in [3.63, 3.8) is 0 Å². The van der Waals surface area contributed by atoms with Crippen LogP contribution >= 0.6 is 0 Å². The topological polar surface area (TPSA) is 49.8 Å². The maximum Gasteiger partial charge on any atom is 0.229 e. The van der Waals surface area contributed by atoms with Gasteiger partial charge in [0.1, 0.15) is 5.75 Å². The zero-order chi connectivity index (χ0) is 16.1. The van der Waals surface area contributed by atoms with E-state index in [1.165, 1.54) is 0 Å². The normalized spacial score (nSPS) is 22.9. The van der Waals surface area contributed by atoms with Crippen molar-refractivity contribution in [3.05, 3.63) is 29.8 Å². The lowest BCUT2D eigenvalue weighted by Crippen LogP contribution is -2.39. The van der Waals surface area contributed by atoms with Crippen LogP contribution in [0.4, 0.5) is 0 Å². The fourth-order valence-electron chi connectivity index (χ4n) is 3.21. The Balaban J connectivity index is 1.96. The molecule has 0 aromatic heterocycles. The summed E-state index contributed by atoms with van der Waals surface area (Å²) in [5, 5.41) is 10.1. The van der Waals surface area contributed by atoms with Crippen molar-refractivity contribution in [3.8, 4) is 5.75 Å². The van der Waals surface area contributed by atoms with Crippen molar-refractivity contribution < 1.29 is 14.6 Å².